The molecule has 0 unspecified atom stereocenters. The van der Waals surface area contributed by atoms with Crippen molar-refractivity contribution in [3.63, 3.8) is 0 Å². The number of carbonyl (C=O) groups excluding carboxylic acids is 1. The Labute approximate surface area is 138 Å². The number of anilines is 1. The molecular formula is C15H16N6O3. The molecule has 0 N–H and O–H groups in total. The first kappa shape index (κ1) is 15.8. The summed E-state index contributed by atoms with van der Waals surface area (Å²) in [7, 11) is 0. The highest BCUT2D eigenvalue weighted by Gasteiger charge is 2.25. The van der Waals surface area contributed by atoms with Crippen LogP contribution in [0.15, 0.2) is 30.7 Å². The topological polar surface area (TPSA) is 105 Å². The summed E-state index contributed by atoms with van der Waals surface area (Å²) >= 11 is 0. The molecule has 3 rings (SSSR count). The molecule has 0 aromatic carbocycles. The van der Waals surface area contributed by atoms with Crippen molar-refractivity contribution in [1.82, 2.24) is 19.9 Å². The molecule has 2 aromatic rings. The van der Waals surface area contributed by atoms with Gasteiger partial charge in [-0.2, -0.15) is 0 Å². The Kier molecular flexibility index (Phi) is 4.32. The molecule has 24 heavy (non-hydrogen) atoms. The number of nitrogens with zero attached hydrogens (tertiary/aromatic N) is 6. The van der Waals surface area contributed by atoms with Gasteiger partial charge in [-0.3, -0.25) is 19.9 Å². The number of hydrogen-bond donors (Lipinski definition) is 0. The summed E-state index contributed by atoms with van der Waals surface area (Å²) in [6, 6.07) is 3.04. The van der Waals surface area contributed by atoms with Gasteiger partial charge in [0.2, 0.25) is 5.95 Å². The second-order valence-electron chi connectivity index (χ2n) is 5.41. The fourth-order valence-electron chi connectivity index (χ4n) is 2.57. The van der Waals surface area contributed by atoms with Crippen LogP contribution in [0.25, 0.3) is 0 Å². The number of nitro groups is 1. The van der Waals surface area contributed by atoms with E-state index < -0.39 is 4.92 Å². The van der Waals surface area contributed by atoms with Gasteiger partial charge in [-0.25, -0.2) is 9.97 Å². The molecule has 0 saturated carbocycles. The highest BCUT2D eigenvalue weighted by atomic mass is 16.6. The van der Waals surface area contributed by atoms with E-state index in [-0.39, 0.29) is 17.2 Å². The summed E-state index contributed by atoms with van der Waals surface area (Å²) in [6.45, 7) is 3.89. The van der Waals surface area contributed by atoms with Crippen molar-refractivity contribution >= 4 is 17.5 Å². The predicted octanol–water partition coefficient (Wildman–Crippen LogP) is 1.05. The van der Waals surface area contributed by atoms with E-state index in [1.807, 2.05) is 4.90 Å². The maximum Gasteiger partial charge on any atom is 0.288 e. The van der Waals surface area contributed by atoms with E-state index in [0.29, 0.717) is 37.8 Å². The number of amides is 1. The smallest absolute Gasteiger partial charge is 0.288 e. The van der Waals surface area contributed by atoms with Crippen molar-refractivity contribution in [1.29, 1.82) is 0 Å². The quantitative estimate of drug-likeness (QED) is 0.612. The number of pyridine rings is 1. The van der Waals surface area contributed by atoms with Gasteiger partial charge in [0.15, 0.2) is 0 Å². The highest BCUT2D eigenvalue weighted by molar-refractivity contribution is 5.96. The van der Waals surface area contributed by atoms with Crippen molar-refractivity contribution in [2.24, 2.45) is 0 Å². The lowest BCUT2D eigenvalue weighted by Gasteiger charge is -2.34. The maximum absolute atomic E-state index is 12.7. The molecule has 0 bridgehead atoms. The predicted molar refractivity (Wildman–Crippen MR) is 85.8 cm³/mol. The molecule has 3 heterocycles. The third kappa shape index (κ3) is 3.14. The van der Waals surface area contributed by atoms with E-state index in [1.165, 1.54) is 6.07 Å². The molecule has 1 aliphatic rings. The van der Waals surface area contributed by atoms with Crippen LogP contribution in [0.3, 0.4) is 0 Å². The molecular weight excluding hydrogens is 312 g/mol. The molecule has 1 amide bonds. The standard InChI is InChI=1S/C15H16N6O3/c1-11-13(9-12(10-18-11)21(23)24)14(22)19-5-7-20(8-6-19)15-16-3-2-4-17-15/h2-4,9-10H,5-8H2,1H3. The fourth-order valence-corrected chi connectivity index (χ4v) is 2.57. The first-order valence-corrected chi connectivity index (χ1v) is 7.48. The van der Waals surface area contributed by atoms with Gasteiger partial charge >= 0.3 is 0 Å². The van der Waals surface area contributed by atoms with Gasteiger partial charge in [-0.05, 0) is 13.0 Å². The van der Waals surface area contributed by atoms with Gasteiger partial charge in [-0.15, -0.1) is 0 Å². The van der Waals surface area contributed by atoms with E-state index in [9.17, 15) is 14.9 Å². The highest BCUT2D eigenvalue weighted by Crippen LogP contribution is 2.18. The Morgan fingerprint density at radius 1 is 1.17 bits per heavy atom. The zero-order valence-electron chi connectivity index (χ0n) is 13.1. The van der Waals surface area contributed by atoms with E-state index in [4.69, 9.17) is 0 Å². The summed E-state index contributed by atoms with van der Waals surface area (Å²) in [5.74, 6) is 0.398. The summed E-state index contributed by atoms with van der Waals surface area (Å²) in [6.07, 6.45) is 4.52. The van der Waals surface area contributed by atoms with E-state index >= 15 is 0 Å². The molecule has 0 atom stereocenters. The first-order valence-electron chi connectivity index (χ1n) is 7.48. The Balaban J connectivity index is 1.71. The molecule has 1 fully saturated rings. The van der Waals surface area contributed by atoms with Crippen LogP contribution in [0.1, 0.15) is 16.1 Å². The van der Waals surface area contributed by atoms with Gasteiger partial charge in [0.05, 0.1) is 16.2 Å². The van der Waals surface area contributed by atoms with Gasteiger partial charge in [0.25, 0.3) is 11.6 Å². The van der Waals surface area contributed by atoms with E-state index in [1.54, 1.807) is 30.3 Å². The summed E-state index contributed by atoms with van der Waals surface area (Å²) in [5.41, 5.74) is 0.577. The normalized spacial score (nSPS) is 14.5. The molecule has 0 aliphatic carbocycles. The van der Waals surface area contributed by atoms with Gasteiger partial charge in [0, 0.05) is 44.6 Å². The van der Waals surface area contributed by atoms with E-state index in [2.05, 4.69) is 15.0 Å². The average Bonchev–Trinajstić information content (AvgIpc) is 2.62. The minimum Gasteiger partial charge on any atom is -0.337 e. The van der Waals surface area contributed by atoms with Crippen molar-refractivity contribution in [3.05, 3.63) is 52.1 Å². The Morgan fingerprint density at radius 2 is 1.83 bits per heavy atom. The molecule has 0 radical (unpaired) electrons. The van der Waals surface area contributed by atoms with Crippen LogP contribution in [0.4, 0.5) is 11.6 Å². The number of aryl methyl sites for hydroxylation is 1. The van der Waals surface area contributed by atoms with Crippen LogP contribution in [-0.4, -0.2) is 56.9 Å². The first-order chi connectivity index (χ1) is 11.6. The Bertz CT molecular complexity index is 759. The number of hydrogen-bond acceptors (Lipinski definition) is 7. The molecule has 1 aliphatic heterocycles. The molecule has 9 heteroatoms. The van der Waals surface area contributed by atoms with Crippen molar-refractivity contribution < 1.29 is 9.72 Å². The summed E-state index contributed by atoms with van der Waals surface area (Å²) in [4.78, 5) is 39.0. The molecule has 9 nitrogen and oxygen atoms in total. The van der Waals surface area contributed by atoms with Crippen LogP contribution < -0.4 is 4.90 Å². The summed E-state index contributed by atoms with van der Waals surface area (Å²) < 4.78 is 0. The number of rotatable bonds is 3. The van der Waals surface area contributed by atoms with Crippen molar-refractivity contribution in [2.45, 2.75) is 6.92 Å². The molecule has 124 valence electrons. The van der Waals surface area contributed by atoms with Crippen molar-refractivity contribution in [3.8, 4) is 0 Å². The minimum absolute atomic E-state index is 0.180. The van der Waals surface area contributed by atoms with Gasteiger partial charge in [0.1, 0.15) is 6.20 Å². The lowest BCUT2D eigenvalue weighted by molar-refractivity contribution is -0.385. The SMILES string of the molecule is Cc1ncc([N+](=O)[O-])cc1C(=O)N1CCN(c2ncccn2)CC1. The van der Waals surface area contributed by atoms with Gasteiger partial charge < -0.3 is 9.80 Å². The lowest BCUT2D eigenvalue weighted by Crippen LogP contribution is -2.49. The minimum atomic E-state index is -0.548. The van der Waals surface area contributed by atoms with Crippen LogP contribution in [0.5, 0.6) is 0 Å². The molecule has 0 spiro atoms. The largest absolute Gasteiger partial charge is 0.337 e. The van der Waals surface area contributed by atoms with Crippen LogP contribution >= 0.6 is 0 Å². The average molecular weight is 328 g/mol. The maximum atomic E-state index is 12.7. The second-order valence-corrected chi connectivity index (χ2v) is 5.41. The van der Waals surface area contributed by atoms with Crippen LogP contribution in [0.2, 0.25) is 0 Å². The Hall–Kier alpha value is -3.10. The number of aromatic nitrogens is 3. The van der Waals surface area contributed by atoms with Gasteiger partial charge in [-0.1, -0.05) is 0 Å². The monoisotopic (exact) mass is 328 g/mol. The van der Waals surface area contributed by atoms with Crippen LogP contribution in [0, 0.1) is 17.0 Å². The van der Waals surface area contributed by atoms with Crippen LogP contribution in [-0.2, 0) is 0 Å². The van der Waals surface area contributed by atoms with Crippen molar-refractivity contribution in [2.75, 3.05) is 31.1 Å². The Morgan fingerprint density at radius 3 is 2.46 bits per heavy atom. The van der Waals surface area contributed by atoms with E-state index in [0.717, 1.165) is 6.20 Å². The fraction of sp³-hybridized carbons (Fsp3) is 0.333. The number of carbonyl (C=O) groups is 1. The third-order valence-corrected chi connectivity index (χ3v) is 3.92. The molecule has 1 saturated heterocycles. The lowest BCUT2D eigenvalue weighted by atomic mass is 10.1. The second kappa shape index (κ2) is 6.57. The zero-order chi connectivity index (χ0) is 17.1. The zero-order valence-corrected chi connectivity index (χ0v) is 13.1. The number of piperazine rings is 1. The summed E-state index contributed by atoms with van der Waals surface area (Å²) in [5, 5.41) is 10.9. The molecule has 2 aromatic heterocycles. The third-order valence-electron chi connectivity index (χ3n) is 3.92.